The predicted octanol–water partition coefficient (Wildman–Crippen LogP) is 7.91. The molecule has 0 radical (unpaired) electrons. The molecule has 0 bridgehead atoms. The van der Waals surface area contributed by atoms with Crippen molar-refractivity contribution < 1.29 is 4.79 Å². The molecule has 0 aliphatic carbocycles. The molecule has 152 valence electrons. The molecule has 0 saturated carbocycles. The van der Waals surface area contributed by atoms with E-state index in [9.17, 15) is 4.79 Å². The van der Waals surface area contributed by atoms with Crippen LogP contribution in [0.4, 0.5) is 5.69 Å². The van der Waals surface area contributed by atoms with Gasteiger partial charge in [-0.3, -0.25) is 4.79 Å². The summed E-state index contributed by atoms with van der Waals surface area (Å²) in [5.41, 5.74) is 8.18. The van der Waals surface area contributed by atoms with E-state index in [-0.39, 0.29) is 20.6 Å². The number of rotatable bonds is 2. The Morgan fingerprint density at radius 2 is 1.19 bits per heavy atom. The summed E-state index contributed by atoms with van der Waals surface area (Å²) in [7, 11) is 0. The second kappa shape index (κ2) is 25.1. The van der Waals surface area contributed by atoms with E-state index < -0.39 is 0 Å². The largest absolute Gasteiger partial charge is 0.397 e. The van der Waals surface area contributed by atoms with Crippen molar-refractivity contribution in [2.75, 3.05) is 5.73 Å². The number of ketones is 1. The van der Waals surface area contributed by atoms with E-state index in [2.05, 4.69) is 4.98 Å². The number of Topliss-reactive ketones (excluding diaryl/α,β-unsaturated/α-hetero) is 1. The molecule has 0 saturated heterocycles. The molecule has 2 N–H and O–H groups in total. The lowest BCUT2D eigenvalue weighted by Gasteiger charge is -2.05. The number of carbonyl (C=O) groups excluding carboxylic acids is 1. The van der Waals surface area contributed by atoms with Gasteiger partial charge in [-0.1, -0.05) is 101 Å². The lowest BCUT2D eigenvalue weighted by molar-refractivity contribution is 0.101. The van der Waals surface area contributed by atoms with Gasteiger partial charge in [-0.25, -0.2) is 4.98 Å². The van der Waals surface area contributed by atoms with E-state index >= 15 is 0 Å². The molecular formula is C23H44N2O. The summed E-state index contributed by atoms with van der Waals surface area (Å²) in [5, 5.41) is 0. The number of anilines is 1. The number of nitrogens with zero attached hydrogens (tertiary/aromatic N) is 1. The number of aromatic nitrogens is 1. The topological polar surface area (TPSA) is 56.0 Å². The van der Waals surface area contributed by atoms with E-state index in [1.54, 1.807) is 6.07 Å². The summed E-state index contributed by atoms with van der Waals surface area (Å²) in [6.45, 7) is 17.5. The zero-order valence-electron chi connectivity index (χ0n) is 17.0. The monoisotopic (exact) mass is 364 g/mol. The first kappa shape index (κ1) is 35.0. The van der Waals surface area contributed by atoms with Crippen molar-refractivity contribution in [3.8, 4) is 11.3 Å². The van der Waals surface area contributed by atoms with Crippen LogP contribution in [0.1, 0.15) is 87.7 Å². The third-order valence-electron chi connectivity index (χ3n) is 2.33. The van der Waals surface area contributed by atoms with E-state index in [1.807, 2.05) is 91.8 Å². The lowest BCUT2D eigenvalue weighted by Crippen LogP contribution is -2.03. The first-order chi connectivity index (χ1) is 11.7. The van der Waals surface area contributed by atoms with Crippen LogP contribution in [0.15, 0.2) is 42.5 Å². The van der Waals surface area contributed by atoms with Crippen molar-refractivity contribution in [2.24, 2.45) is 0 Å². The van der Waals surface area contributed by atoms with Crippen molar-refractivity contribution in [3.05, 3.63) is 48.2 Å². The van der Waals surface area contributed by atoms with Crippen molar-refractivity contribution in [1.29, 1.82) is 0 Å². The molecule has 2 rings (SSSR count). The Morgan fingerprint density at radius 3 is 1.58 bits per heavy atom. The second-order valence-electron chi connectivity index (χ2n) is 3.56. The average molecular weight is 365 g/mol. The normalized spacial score (nSPS) is 7.12. The van der Waals surface area contributed by atoms with Gasteiger partial charge in [-0.05, 0) is 12.1 Å². The molecular weight excluding hydrogens is 320 g/mol. The van der Waals surface area contributed by atoms with Gasteiger partial charge < -0.3 is 5.73 Å². The van der Waals surface area contributed by atoms with Crippen LogP contribution in [0.3, 0.4) is 0 Å². The molecule has 0 unspecified atom stereocenters. The molecule has 3 heteroatoms. The molecule has 0 aliphatic rings. The maximum atomic E-state index is 11.3. The third-order valence-corrected chi connectivity index (χ3v) is 2.33. The van der Waals surface area contributed by atoms with Gasteiger partial charge in [0, 0.05) is 12.5 Å². The molecule has 2 aromatic rings. The van der Waals surface area contributed by atoms with Crippen LogP contribution >= 0.6 is 0 Å². The van der Waals surface area contributed by atoms with Gasteiger partial charge in [0.1, 0.15) is 5.69 Å². The fraction of sp³-hybridized carbons (Fsp3) is 0.478. The van der Waals surface area contributed by atoms with E-state index in [4.69, 9.17) is 5.73 Å². The van der Waals surface area contributed by atoms with Gasteiger partial charge in [-0.2, -0.15) is 0 Å². The molecule has 0 fully saturated rings. The fourth-order valence-corrected chi connectivity index (χ4v) is 1.52. The highest BCUT2D eigenvalue weighted by Gasteiger charge is 2.08. The summed E-state index contributed by atoms with van der Waals surface area (Å²) >= 11 is 0. The van der Waals surface area contributed by atoms with Crippen LogP contribution in [0.5, 0.6) is 0 Å². The maximum Gasteiger partial charge on any atom is 0.180 e. The number of hydrogen-bond acceptors (Lipinski definition) is 3. The van der Waals surface area contributed by atoms with E-state index in [0.717, 1.165) is 11.3 Å². The molecule has 0 spiro atoms. The number of nitrogen functional groups attached to an aromatic ring is 1. The molecule has 1 heterocycles. The standard InChI is InChI=1S/C13H12N2O.4C2H6.2CH4/c1-9(16)13-11(14)7-8-12(15-13)10-5-3-2-4-6-10;4*1-2;;/h2-8H,14H2,1H3;4*1-2H3;2*1H4. The Labute approximate surface area is 164 Å². The molecule has 1 aromatic carbocycles. The zero-order valence-corrected chi connectivity index (χ0v) is 17.0. The Morgan fingerprint density at radius 1 is 0.769 bits per heavy atom. The highest BCUT2D eigenvalue weighted by atomic mass is 16.1. The number of benzene rings is 1. The molecule has 0 aliphatic heterocycles. The average Bonchev–Trinajstić information content (AvgIpc) is 2.69. The minimum atomic E-state index is -0.115. The quantitative estimate of drug-likeness (QED) is 0.551. The van der Waals surface area contributed by atoms with Crippen LogP contribution in [-0.4, -0.2) is 10.8 Å². The highest BCUT2D eigenvalue weighted by molar-refractivity contribution is 5.97. The zero-order chi connectivity index (χ0) is 19.5. The Kier molecular flexibility index (Phi) is 33.8. The predicted molar refractivity (Wildman–Crippen MR) is 123 cm³/mol. The fourth-order valence-electron chi connectivity index (χ4n) is 1.52. The SMILES string of the molecule is C.C.CC.CC.CC.CC.CC(=O)c1nc(-c2ccccc2)ccc1N. The van der Waals surface area contributed by atoms with Crippen LogP contribution < -0.4 is 5.73 Å². The van der Waals surface area contributed by atoms with Crippen LogP contribution in [-0.2, 0) is 0 Å². The molecule has 3 nitrogen and oxygen atoms in total. The van der Waals surface area contributed by atoms with Crippen molar-refractivity contribution in [1.82, 2.24) is 4.98 Å². The number of pyridine rings is 1. The number of nitrogens with two attached hydrogens (primary N) is 1. The minimum absolute atomic E-state index is 0. The van der Waals surface area contributed by atoms with Crippen molar-refractivity contribution >= 4 is 11.5 Å². The summed E-state index contributed by atoms with van der Waals surface area (Å²) < 4.78 is 0. The van der Waals surface area contributed by atoms with Gasteiger partial charge in [-0.15, -0.1) is 0 Å². The van der Waals surface area contributed by atoms with Crippen LogP contribution in [0.2, 0.25) is 0 Å². The summed E-state index contributed by atoms with van der Waals surface area (Å²) in [6, 6.07) is 13.2. The van der Waals surface area contributed by atoms with E-state index in [1.165, 1.54) is 6.92 Å². The van der Waals surface area contributed by atoms with Crippen LogP contribution in [0.25, 0.3) is 11.3 Å². The Bertz CT molecular complexity index is 523. The Hall–Kier alpha value is -2.16. The van der Waals surface area contributed by atoms with Gasteiger partial charge in [0.05, 0.1) is 11.4 Å². The van der Waals surface area contributed by atoms with Gasteiger partial charge >= 0.3 is 0 Å². The van der Waals surface area contributed by atoms with Gasteiger partial charge in [0.25, 0.3) is 0 Å². The number of hydrogen-bond donors (Lipinski definition) is 1. The lowest BCUT2D eigenvalue weighted by atomic mass is 10.1. The highest BCUT2D eigenvalue weighted by Crippen LogP contribution is 2.20. The summed E-state index contributed by atoms with van der Waals surface area (Å²) in [5.74, 6) is -0.115. The van der Waals surface area contributed by atoms with Gasteiger partial charge in [0.15, 0.2) is 5.78 Å². The molecule has 0 atom stereocenters. The second-order valence-corrected chi connectivity index (χ2v) is 3.56. The van der Waals surface area contributed by atoms with Gasteiger partial charge in [0.2, 0.25) is 0 Å². The molecule has 1 aromatic heterocycles. The van der Waals surface area contributed by atoms with E-state index in [0.29, 0.717) is 11.4 Å². The van der Waals surface area contributed by atoms with Crippen molar-refractivity contribution in [3.63, 3.8) is 0 Å². The first-order valence-electron chi connectivity index (χ1n) is 9.01. The summed E-state index contributed by atoms with van der Waals surface area (Å²) in [4.78, 5) is 15.6. The smallest absolute Gasteiger partial charge is 0.180 e. The van der Waals surface area contributed by atoms with Crippen molar-refractivity contribution in [2.45, 2.75) is 77.2 Å². The molecule has 26 heavy (non-hydrogen) atoms. The first-order valence-corrected chi connectivity index (χ1v) is 9.01. The maximum absolute atomic E-state index is 11.3. The minimum Gasteiger partial charge on any atom is -0.397 e. The number of carbonyl (C=O) groups is 1. The molecule has 0 amide bonds. The third kappa shape index (κ3) is 13.2. The summed E-state index contributed by atoms with van der Waals surface area (Å²) in [6.07, 6.45) is 0. The van der Waals surface area contributed by atoms with Crippen LogP contribution in [0, 0.1) is 0 Å². The Balaban J connectivity index is -0.000000131.